The van der Waals surface area contributed by atoms with Gasteiger partial charge in [-0.15, -0.1) is 0 Å². The van der Waals surface area contributed by atoms with Gasteiger partial charge in [0.15, 0.2) is 0 Å². The van der Waals surface area contributed by atoms with E-state index < -0.39 is 11.2 Å². The van der Waals surface area contributed by atoms with E-state index in [1.54, 1.807) is 0 Å². The first-order chi connectivity index (χ1) is 24.2. The number of hydrogen-bond acceptors (Lipinski definition) is 7. The van der Waals surface area contributed by atoms with Crippen molar-refractivity contribution in [2.24, 2.45) is 11.8 Å². The van der Waals surface area contributed by atoms with E-state index in [0.717, 1.165) is 112 Å². The van der Waals surface area contributed by atoms with Crippen LogP contribution in [0.5, 0.6) is 11.5 Å². The lowest BCUT2D eigenvalue weighted by molar-refractivity contribution is 0.0156. The summed E-state index contributed by atoms with van der Waals surface area (Å²) in [6.45, 7) is 16.1. The van der Waals surface area contributed by atoms with E-state index in [4.69, 9.17) is 35.5 Å². The van der Waals surface area contributed by atoms with Crippen molar-refractivity contribution in [3.8, 4) is 11.5 Å². The van der Waals surface area contributed by atoms with Crippen LogP contribution in [-0.4, -0.2) is 75.5 Å². The quantitative estimate of drug-likeness (QED) is 0.172. The number of carbonyl (C=O) groups is 2. The number of nitrogens with zero attached hydrogens (tertiary/aromatic N) is 4. The molecule has 0 bridgehead atoms. The monoisotopic (exact) mass is 724 g/mol. The fourth-order valence-corrected chi connectivity index (χ4v) is 7.07. The Labute approximate surface area is 308 Å². The van der Waals surface area contributed by atoms with Crippen LogP contribution in [0, 0.1) is 11.8 Å². The van der Waals surface area contributed by atoms with Crippen LogP contribution in [0.2, 0.25) is 5.02 Å². The molecule has 2 amide bonds. The summed E-state index contributed by atoms with van der Waals surface area (Å²) >= 11 is 6.10. The topological polar surface area (TPSA) is 95.4 Å². The second kappa shape index (κ2) is 17.2. The highest BCUT2D eigenvalue weighted by atomic mass is 35.5. The van der Waals surface area contributed by atoms with Crippen molar-refractivity contribution in [3.05, 3.63) is 53.3 Å². The van der Waals surface area contributed by atoms with Crippen molar-refractivity contribution in [2.45, 2.75) is 117 Å². The highest BCUT2D eigenvalue weighted by Gasteiger charge is 2.29. The minimum atomic E-state index is -0.498. The van der Waals surface area contributed by atoms with E-state index in [2.05, 4.69) is 10.6 Å². The predicted octanol–water partition coefficient (Wildman–Crippen LogP) is 9.50. The van der Waals surface area contributed by atoms with Gasteiger partial charge in [0, 0.05) is 37.7 Å². The standard InChI is InChI=1S/C40H57ClN4O6/c1-39(2,3)50-37(46)43-24-20-29(21-25-43)13-10-26-48-34-15-7-14-33-36(34)42-35(28-49-32-18-16-31(41)17-19-32)45(33)23-9-12-30-11-8-22-44(27-30)38(47)51-40(4,5)6/h7,14-19,29-30H,8-13,20-28H2,1-6H3. The number of para-hydroxylation sites is 1. The number of benzene rings is 2. The van der Waals surface area contributed by atoms with Gasteiger partial charge in [-0.1, -0.05) is 17.7 Å². The molecule has 2 saturated heterocycles. The number of imidazole rings is 1. The fraction of sp³-hybridized carbons (Fsp3) is 0.625. The van der Waals surface area contributed by atoms with Crippen molar-refractivity contribution in [1.29, 1.82) is 0 Å². The van der Waals surface area contributed by atoms with E-state index in [0.29, 0.717) is 30.1 Å². The molecule has 3 heterocycles. The Kier molecular flexibility index (Phi) is 13.0. The van der Waals surface area contributed by atoms with Crippen molar-refractivity contribution in [2.75, 3.05) is 32.8 Å². The summed E-state index contributed by atoms with van der Waals surface area (Å²) in [6.07, 6.45) is 7.57. The van der Waals surface area contributed by atoms with Gasteiger partial charge >= 0.3 is 12.2 Å². The van der Waals surface area contributed by atoms with Crippen molar-refractivity contribution in [3.63, 3.8) is 0 Å². The Morgan fingerprint density at radius 1 is 0.804 bits per heavy atom. The second-order valence-corrected chi connectivity index (χ2v) is 16.5. The first-order valence-electron chi connectivity index (χ1n) is 18.7. The van der Waals surface area contributed by atoms with Crippen molar-refractivity contribution in [1.82, 2.24) is 19.4 Å². The first kappa shape index (κ1) is 38.6. The number of piperidine rings is 2. The molecular formula is C40H57ClN4O6. The van der Waals surface area contributed by atoms with Gasteiger partial charge < -0.3 is 33.3 Å². The molecule has 0 N–H and O–H groups in total. The average Bonchev–Trinajstić information content (AvgIpc) is 3.43. The summed E-state index contributed by atoms with van der Waals surface area (Å²) in [7, 11) is 0. The molecular weight excluding hydrogens is 668 g/mol. The van der Waals surface area contributed by atoms with Crippen molar-refractivity contribution >= 4 is 34.8 Å². The maximum atomic E-state index is 12.7. The van der Waals surface area contributed by atoms with Crippen LogP contribution in [0.25, 0.3) is 11.0 Å². The van der Waals surface area contributed by atoms with Crippen LogP contribution in [0.1, 0.15) is 98.7 Å². The van der Waals surface area contributed by atoms with Gasteiger partial charge in [0.25, 0.3) is 0 Å². The van der Waals surface area contributed by atoms with Gasteiger partial charge in [-0.2, -0.15) is 0 Å². The van der Waals surface area contributed by atoms with Gasteiger partial charge in [0.1, 0.15) is 40.6 Å². The molecule has 0 radical (unpaired) electrons. The normalized spacial score (nSPS) is 17.4. The Hall–Kier alpha value is -3.66. The fourth-order valence-electron chi connectivity index (χ4n) is 6.94. The summed E-state index contributed by atoms with van der Waals surface area (Å²) in [5.41, 5.74) is 0.890. The SMILES string of the molecule is CC(C)(C)OC(=O)N1CCC(CCCOc2cccc3c2nc(COc2ccc(Cl)cc2)n3CCCC2CCCN(C(=O)OC(C)(C)C)C2)CC1. The van der Waals surface area contributed by atoms with Crippen LogP contribution in [0.4, 0.5) is 9.59 Å². The van der Waals surface area contributed by atoms with Crippen LogP contribution < -0.4 is 9.47 Å². The Morgan fingerprint density at radius 2 is 1.47 bits per heavy atom. The van der Waals surface area contributed by atoms with E-state index in [1.807, 2.05) is 87.7 Å². The van der Waals surface area contributed by atoms with E-state index in [1.165, 1.54) is 0 Å². The lowest BCUT2D eigenvalue weighted by atomic mass is 9.92. The molecule has 0 aliphatic carbocycles. The average molecular weight is 725 g/mol. The summed E-state index contributed by atoms with van der Waals surface area (Å²) in [5, 5.41) is 0.663. The molecule has 1 unspecified atom stereocenters. The van der Waals surface area contributed by atoms with Gasteiger partial charge in [-0.05, 0) is 141 Å². The lowest BCUT2D eigenvalue weighted by Gasteiger charge is -2.34. The predicted molar refractivity (Wildman–Crippen MR) is 201 cm³/mol. The zero-order valence-corrected chi connectivity index (χ0v) is 32.2. The summed E-state index contributed by atoms with van der Waals surface area (Å²) in [4.78, 5) is 33.9. The third-order valence-corrected chi connectivity index (χ3v) is 9.70. The molecule has 3 aromatic rings. The lowest BCUT2D eigenvalue weighted by Crippen LogP contribution is -2.42. The van der Waals surface area contributed by atoms with Gasteiger partial charge in [0.2, 0.25) is 0 Å². The molecule has 10 nitrogen and oxygen atoms in total. The molecule has 280 valence electrons. The largest absolute Gasteiger partial charge is 0.491 e. The zero-order valence-electron chi connectivity index (χ0n) is 31.4. The van der Waals surface area contributed by atoms with Gasteiger partial charge in [0.05, 0.1) is 12.1 Å². The van der Waals surface area contributed by atoms with Gasteiger partial charge in [-0.25, -0.2) is 14.6 Å². The number of halogens is 1. The molecule has 2 aliphatic rings. The van der Waals surface area contributed by atoms with E-state index in [9.17, 15) is 9.59 Å². The molecule has 51 heavy (non-hydrogen) atoms. The molecule has 1 atom stereocenters. The number of amides is 2. The molecule has 5 rings (SSSR count). The summed E-state index contributed by atoms with van der Waals surface area (Å²) in [5.74, 6) is 3.35. The molecule has 2 fully saturated rings. The molecule has 2 aromatic carbocycles. The maximum absolute atomic E-state index is 12.7. The van der Waals surface area contributed by atoms with Crippen LogP contribution in [0.3, 0.4) is 0 Å². The van der Waals surface area contributed by atoms with E-state index >= 15 is 0 Å². The first-order valence-corrected chi connectivity index (χ1v) is 19.1. The summed E-state index contributed by atoms with van der Waals surface area (Å²) in [6, 6.07) is 13.5. The number of carbonyl (C=O) groups excluding carboxylic acids is 2. The molecule has 11 heteroatoms. The number of fused-ring (bicyclic) bond motifs is 1. The second-order valence-electron chi connectivity index (χ2n) is 16.0. The van der Waals surface area contributed by atoms with Crippen LogP contribution >= 0.6 is 11.6 Å². The highest BCUT2D eigenvalue weighted by Crippen LogP contribution is 2.30. The van der Waals surface area contributed by atoms with E-state index in [-0.39, 0.29) is 12.2 Å². The minimum absolute atomic E-state index is 0.214. The molecule has 0 saturated carbocycles. The molecule has 1 aromatic heterocycles. The number of hydrogen-bond donors (Lipinski definition) is 0. The third kappa shape index (κ3) is 11.7. The minimum Gasteiger partial charge on any atom is -0.491 e. The third-order valence-electron chi connectivity index (χ3n) is 9.45. The van der Waals surface area contributed by atoms with Crippen LogP contribution in [0.15, 0.2) is 42.5 Å². The number of likely N-dealkylation sites (tertiary alicyclic amines) is 2. The Morgan fingerprint density at radius 3 is 2.16 bits per heavy atom. The Bertz CT molecular complexity index is 1590. The van der Waals surface area contributed by atoms with Crippen molar-refractivity contribution < 1.29 is 28.5 Å². The smallest absolute Gasteiger partial charge is 0.410 e. The number of ether oxygens (including phenoxy) is 4. The molecule has 0 spiro atoms. The van der Waals surface area contributed by atoms with Gasteiger partial charge in [-0.3, -0.25) is 0 Å². The Balaban J connectivity index is 1.19. The number of aryl methyl sites for hydroxylation is 1. The van der Waals surface area contributed by atoms with Crippen LogP contribution in [-0.2, 0) is 22.6 Å². The highest BCUT2D eigenvalue weighted by molar-refractivity contribution is 6.30. The number of aromatic nitrogens is 2. The zero-order chi connectivity index (χ0) is 36.6. The maximum Gasteiger partial charge on any atom is 0.410 e. The number of rotatable bonds is 12. The molecule has 2 aliphatic heterocycles. The summed E-state index contributed by atoms with van der Waals surface area (Å²) < 4.78 is 26.0.